The van der Waals surface area contributed by atoms with Crippen LogP contribution in [0, 0.1) is 0 Å². The second-order valence-electron chi connectivity index (χ2n) is 3.03. The quantitative estimate of drug-likeness (QED) is 0.705. The molecule has 0 unspecified atom stereocenters. The molecule has 2 nitrogen and oxygen atoms in total. The maximum atomic E-state index is 9.17. The van der Waals surface area contributed by atoms with Gasteiger partial charge in [0.25, 0.3) is 0 Å². The maximum Gasteiger partial charge on any atom is 0.115 e. The molecule has 2 heteroatoms. The Morgan fingerprint density at radius 1 is 1.31 bits per heavy atom. The Labute approximate surface area is 79.2 Å². The number of hydrogen-bond acceptors (Lipinski definition) is 2. The van der Waals surface area contributed by atoms with E-state index in [0.29, 0.717) is 5.75 Å². The molecule has 0 aliphatic heterocycles. The molecule has 0 saturated carbocycles. The van der Waals surface area contributed by atoms with E-state index < -0.39 is 0 Å². The van der Waals surface area contributed by atoms with Crippen LogP contribution in [0.1, 0.15) is 18.9 Å². The first-order chi connectivity index (χ1) is 6.33. The lowest BCUT2D eigenvalue weighted by Gasteiger charge is -2.02. The number of phenols is 1. The second-order valence-corrected chi connectivity index (χ2v) is 3.03. The van der Waals surface area contributed by atoms with Gasteiger partial charge in [-0.25, -0.2) is 0 Å². The van der Waals surface area contributed by atoms with E-state index in [0.717, 1.165) is 31.6 Å². The van der Waals surface area contributed by atoms with E-state index in [2.05, 4.69) is 6.92 Å². The molecule has 0 bridgehead atoms. The molecule has 0 fully saturated rings. The van der Waals surface area contributed by atoms with E-state index >= 15 is 0 Å². The third-order valence-corrected chi connectivity index (χ3v) is 1.79. The molecule has 0 heterocycles. The lowest BCUT2D eigenvalue weighted by atomic mass is 10.1. The third-order valence-electron chi connectivity index (χ3n) is 1.79. The van der Waals surface area contributed by atoms with Crippen LogP contribution in [0.2, 0.25) is 0 Å². The molecular weight excluding hydrogens is 164 g/mol. The molecule has 13 heavy (non-hydrogen) atoms. The summed E-state index contributed by atoms with van der Waals surface area (Å²) in [6, 6.07) is 7.30. The van der Waals surface area contributed by atoms with Crippen LogP contribution in [0.5, 0.6) is 5.75 Å². The number of rotatable bonds is 5. The van der Waals surface area contributed by atoms with Crippen molar-refractivity contribution in [3.8, 4) is 5.75 Å². The molecule has 72 valence electrons. The Bertz CT molecular complexity index is 246. The van der Waals surface area contributed by atoms with Gasteiger partial charge in [0.15, 0.2) is 0 Å². The maximum absolute atomic E-state index is 9.17. The first-order valence-electron chi connectivity index (χ1n) is 4.68. The van der Waals surface area contributed by atoms with Crippen molar-refractivity contribution in [3.63, 3.8) is 0 Å². The zero-order chi connectivity index (χ0) is 9.52. The van der Waals surface area contributed by atoms with Crippen molar-refractivity contribution in [1.29, 1.82) is 0 Å². The zero-order valence-electron chi connectivity index (χ0n) is 7.99. The van der Waals surface area contributed by atoms with Crippen LogP contribution in [-0.4, -0.2) is 18.3 Å². The van der Waals surface area contributed by atoms with E-state index in [1.165, 1.54) is 0 Å². The molecule has 0 amide bonds. The van der Waals surface area contributed by atoms with Crippen LogP contribution in [0.3, 0.4) is 0 Å². The van der Waals surface area contributed by atoms with Gasteiger partial charge in [0, 0.05) is 6.61 Å². The van der Waals surface area contributed by atoms with E-state index in [1.54, 1.807) is 12.1 Å². The topological polar surface area (TPSA) is 29.5 Å². The molecule has 0 saturated heterocycles. The molecule has 1 rings (SSSR count). The summed E-state index contributed by atoms with van der Waals surface area (Å²) in [4.78, 5) is 0. The highest BCUT2D eigenvalue weighted by atomic mass is 16.5. The molecule has 1 aromatic carbocycles. The van der Waals surface area contributed by atoms with Gasteiger partial charge in [-0.1, -0.05) is 19.1 Å². The van der Waals surface area contributed by atoms with Crippen molar-refractivity contribution in [2.75, 3.05) is 13.2 Å². The molecule has 1 N–H and O–H groups in total. The number of hydrogen-bond donors (Lipinski definition) is 1. The summed E-state index contributed by atoms with van der Waals surface area (Å²) >= 11 is 0. The van der Waals surface area contributed by atoms with Crippen LogP contribution in [0.15, 0.2) is 24.3 Å². The van der Waals surface area contributed by atoms with Gasteiger partial charge in [0.2, 0.25) is 0 Å². The van der Waals surface area contributed by atoms with Gasteiger partial charge in [-0.15, -0.1) is 0 Å². The van der Waals surface area contributed by atoms with E-state index in [-0.39, 0.29) is 0 Å². The molecule has 1 aromatic rings. The number of aromatic hydroxyl groups is 1. The van der Waals surface area contributed by atoms with Crippen LogP contribution in [-0.2, 0) is 11.2 Å². The highest BCUT2D eigenvalue weighted by Crippen LogP contribution is 2.11. The molecule has 0 aromatic heterocycles. The summed E-state index contributed by atoms with van der Waals surface area (Å²) in [5.41, 5.74) is 1.12. The van der Waals surface area contributed by atoms with E-state index in [1.807, 2.05) is 12.1 Å². The molecule has 0 spiro atoms. The summed E-state index contributed by atoms with van der Waals surface area (Å²) in [7, 11) is 0. The van der Waals surface area contributed by atoms with Crippen molar-refractivity contribution in [2.45, 2.75) is 19.8 Å². The fourth-order valence-corrected chi connectivity index (χ4v) is 1.15. The highest BCUT2D eigenvalue weighted by molar-refractivity contribution is 5.27. The minimum Gasteiger partial charge on any atom is -0.508 e. The molecule has 0 radical (unpaired) electrons. The minimum atomic E-state index is 0.327. The highest BCUT2D eigenvalue weighted by Gasteiger charge is 1.94. The third kappa shape index (κ3) is 3.95. The van der Waals surface area contributed by atoms with E-state index in [4.69, 9.17) is 4.74 Å². The normalized spacial score (nSPS) is 10.2. The van der Waals surface area contributed by atoms with Crippen LogP contribution in [0.25, 0.3) is 0 Å². The van der Waals surface area contributed by atoms with Crippen LogP contribution in [0.4, 0.5) is 0 Å². The van der Waals surface area contributed by atoms with Crippen molar-refractivity contribution < 1.29 is 9.84 Å². The molecule has 0 aliphatic rings. The SMILES string of the molecule is CCCOCCc1cccc(O)c1. The smallest absolute Gasteiger partial charge is 0.115 e. The van der Waals surface area contributed by atoms with Gasteiger partial charge in [-0.3, -0.25) is 0 Å². The van der Waals surface area contributed by atoms with Gasteiger partial charge in [0.1, 0.15) is 5.75 Å². The summed E-state index contributed by atoms with van der Waals surface area (Å²) in [6.45, 7) is 3.64. The van der Waals surface area contributed by atoms with Crippen molar-refractivity contribution in [1.82, 2.24) is 0 Å². The van der Waals surface area contributed by atoms with Crippen molar-refractivity contribution in [2.24, 2.45) is 0 Å². The van der Waals surface area contributed by atoms with Gasteiger partial charge in [-0.05, 0) is 30.5 Å². The summed E-state index contributed by atoms with van der Waals surface area (Å²) in [6.07, 6.45) is 1.93. The number of benzene rings is 1. The Morgan fingerprint density at radius 3 is 2.85 bits per heavy atom. The standard InChI is InChI=1S/C11H16O2/c1-2-7-13-8-6-10-4-3-5-11(12)9-10/h3-5,9,12H,2,6-8H2,1H3. The predicted octanol–water partition coefficient (Wildman–Crippen LogP) is 2.36. The van der Waals surface area contributed by atoms with Crippen LogP contribution < -0.4 is 0 Å². The Morgan fingerprint density at radius 2 is 2.15 bits per heavy atom. The second kappa shape index (κ2) is 5.60. The summed E-state index contributed by atoms with van der Waals surface area (Å²) in [5, 5.41) is 9.17. The minimum absolute atomic E-state index is 0.327. The fourth-order valence-electron chi connectivity index (χ4n) is 1.15. The summed E-state index contributed by atoms with van der Waals surface area (Å²) in [5.74, 6) is 0.327. The zero-order valence-corrected chi connectivity index (χ0v) is 7.99. The first kappa shape index (κ1) is 10.1. The van der Waals surface area contributed by atoms with Crippen molar-refractivity contribution in [3.05, 3.63) is 29.8 Å². The average molecular weight is 180 g/mol. The number of phenolic OH excluding ortho intramolecular Hbond substituents is 1. The van der Waals surface area contributed by atoms with Crippen LogP contribution >= 0.6 is 0 Å². The Kier molecular flexibility index (Phi) is 4.33. The molecular formula is C11H16O2. The van der Waals surface area contributed by atoms with Gasteiger partial charge < -0.3 is 9.84 Å². The molecule has 0 aliphatic carbocycles. The number of ether oxygens (including phenoxy) is 1. The largest absolute Gasteiger partial charge is 0.508 e. The lowest BCUT2D eigenvalue weighted by molar-refractivity contribution is 0.138. The monoisotopic (exact) mass is 180 g/mol. The fraction of sp³-hybridized carbons (Fsp3) is 0.455. The Balaban J connectivity index is 2.28. The van der Waals surface area contributed by atoms with Gasteiger partial charge in [0.05, 0.1) is 6.61 Å². The van der Waals surface area contributed by atoms with Gasteiger partial charge >= 0.3 is 0 Å². The molecule has 0 atom stereocenters. The summed E-state index contributed by atoms with van der Waals surface area (Å²) < 4.78 is 5.34. The lowest BCUT2D eigenvalue weighted by Crippen LogP contribution is -1.98. The first-order valence-corrected chi connectivity index (χ1v) is 4.68. The predicted molar refractivity (Wildman–Crippen MR) is 52.9 cm³/mol. The van der Waals surface area contributed by atoms with E-state index in [9.17, 15) is 5.11 Å². The average Bonchev–Trinajstić information content (AvgIpc) is 2.13. The van der Waals surface area contributed by atoms with Gasteiger partial charge in [-0.2, -0.15) is 0 Å². The van der Waals surface area contributed by atoms with Crippen molar-refractivity contribution >= 4 is 0 Å². The Hall–Kier alpha value is -1.02.